The second-order valence-electron chi connectivity index (χ2n) is 12.9. The van der Waals surface area contributed by atoms with E-state index in [1.54, 1.807) is 12.1 Å². The minimum atomic E-state index is -3.80. The highest BCUT2D eigenvalue weighted by molar-refractivity contribution is 7.88. The zero-order chi connectivity index (χ0) is 37.3. The Morgan fingerprint density at radius 1 is 1.02 bits per heavy atom. The molecule has 0 aliphatic carbocycles. The summed E-state index contributed by atoms with van der Waals surface area (Å²) in [5.41, 5.74) is 13.5. The van der Waals surface area contributed by atoms with Gasteiger partial charge < -0.3 is 21.1 Å². The van der Waals surface area contributed by atoms with E-state index >= 15 is 0 Å². The molecule has 4 atom stereocenters. The number of nitrogens with zero attached hydrogens (tertiary/aromatic N) is 3. The van der Waals surface area contributed by atoms with Crippen LogP contribution in [0.4, 0.5) is 0 Å². The summed E-state index contributed by atoms with van der Waals surface area (Å²) < 4.78 is 34.5. The molecule has 1 aliphatic heterocycles. The van der Waals surface area contributed by atoms with E-state index in [2.05, 4.69) is 14.7 Å². The van der Waals surface area contributed by atoms with E-state index in [4.69, 9.17) is 27.8 Å². The topological polar surface area (TPSA) is 187 Å². The quantitative estimate of drug-likeness (QED) is 0.0568. The van der Waals surface area contributed by atoms with Gasteiger partial charge in [-0.25, -0.2) is 18.1 Å². The van der Waals surface area contributed by atoms with Crippen LogP contribution in [0.1, 0.15) is 53.0 Å². The summed E-state index contributed by atoms with van der Waals surface area (Å²) in [6.07, 6.45) is 1.84. The molecular weight excluding hydrogens is 724 g/mol. The average Bonchev–Trinajstić information content (AvgIpc) is 3.75. The number of likely N-dealkylation sites (tertiary alicyclic amines) is 1. The molecule has 276 valence electrons. The standard InChI is InChI=1S/C37H43ClN6O6S2/c1-52(48,49)43-30(18-15-24-8-3-2-4-9-24)36(47)44-22-28(50-23-25-13-16-27(38)17-14-25)21-31(44)32(45)20-26(10-7-19-41-37(39)40)34(46)35-42-29-11-5-6-12-33(29)51-35/h2-6,8-9,11-14,16-17,26,28,30-31,43H,7,10,15,18-23H2,1H3,(H4,39,40,41)/t26-,28-,30-,31+/m1/s1. The normalized spacial score (nSPS) is 17.2. The van der Waals surface area contributed by atoms with Crippen LogP contribution in [0, 0.1) is 5.92 Å². The summed E-state index contributed by atoms with van der Waals surface area (Å²) in [6.45, 7) is 0.555. The number of ketones is 2. The summed E-state index contributed by atoms with van der Waals surface area (Å²) >= 11 is 7.31. The lowest BCUT2D eigenvalue weighted by Gasteiger charge is -2.29. The van der Waals surface area contributed by atoms with Gasteiger partial charge >= 0.3 is 0 Å². The van der Waals surface area contributed by atoms with Gasteiger partial charge in [0.05, 0.1) is 35.2 Å². The van der Waals surface area contributed by atoms with Gasteiger partial charge in [0, 0.05) is 36.9 Å². The Bertz CT molecular complexity index is 1950. The predicted molar refractivity (Wildman–Crippen MR) is 204 cm³/mol. The van der Waals surface area contributed by atoms with Crippen LogP contribution in [0.15, 0.2) is 83.9 Å². The largest absolute Gasteiger partial charge is 0.372 e. The Hall–Kier alpha value is -4.21. The Morgan fingerprint density at radius 3 is 2.42 bits per heavy atom. The van der Waals surface area contributed by atoms with E-state index in [0.29, 0.717) is 34.8 Å². The SMILES string of the molecule is CS(=O)(=O)N[C@H](CCc1ccccc1)C(=O)N1C[C@H](OCc2ccc(Cl)cc2)C[C@H]1C(=O)C[C@@H](CCCN=C(N)N)C(=O)c1nc2ccccc2s1. The number of carbonyl (C=O) groups is 3. The van der Waals surface area contributed by atoms with E-state index in [-0.39, 0.29) is 56.5 Å². The van der Waals surface area contributed by atoms with E-state index in [9.17, 15) is 22.8 Å². The lowest BCUT2D eigenvalue weighted by Crippen LogP contribution is -2.52. The number of amides is 1. The van der Waals surface area contributed by atoms with Gasteiger partial charge in [-0.05, 0) is 61.1 Å². The maximum Gasteiger partial charge on any atom is 0.241 e. The van der Waals surface area contributed by atoms with Crippen molar-refractivity contribution < 1.29 is 27.5 Å². The molecule has 1 aliphatic rings. The van der Waals surface area contributed by atoms with Crippen LogP contribution in [0.2, 0.25) is 5.02 Å². The van der Waals surface area contributed by atoms with Gasteiger partial charge in [0.15, 0.2) is 22.5 Å². The van der Waals surface area contributed by atoms with Crippen LogP contribution in [-0.2, 0) is 37.4 Å². The van der Waals surface area contributed by atoms with Gasteiger partial charge in [0.2, 0.25) is 15.9 Å². The third kappa shape index (κ3) is 11.1. The average molecular weight is 767 g/mol. The number of para-hydroxylation sites is 1. The van der Waals surface area contributed by atoms with Gasteiger partial charge in [-0.3, -0.25) is 19.4 Å². The van der Waals surface area contributed by atoms with Crippen molar-refractivity contribution in [2.24, 2.45) is 22.4 Å². The molecule has 1 fully saturated rings. The lowest BCUT2D eigenvalue weighted by molar-refractivity contribution is -0.139. The lowest BCUT2D eigenvalue weighted by atomic mass is 9.89. The summed E-state index contributed by atoms with van der Waals surface area (Å²) in [5.74, 6) is -1.95. The first-order chi connectivity index (χ1) is 24.9. The monoisotopic (exact) mass is 766 g/mol. The van der Waals surface area contributed by atoms with Crippen LogP contribution in [0.5, 0.6) is 0 Å². The fraction of sp³-hybridized carbons (Fsp3) is 0.378. The molecule has 4 aromatic rings. The maximum atomic E-state index is 14.3. The Labute approximate surface area is 312 Å². The summed E-state index contributed by atoms with van der Waals surface area (Å²) in [6, 6.07) is 21.9. The Balaban J connectivity index is 1.40. The smallest absolute Gasteiger partial charge is 0.241 e. The van der Waals surface area contributed by atoms with Crippen LogP contribution < -0.4 is 16.2 Å². The molecular formula is C37H43ClN6O6S2. The molecule has 0 unspecified atom stereocenters. The second kappa shape index (κ2) is 18.0. The number of hydrogen-bond donors (Lipinski definition) is 3. The van der Waals surface area contributed by atoms with Crippen molar-refractivity contribution in [1.82, 2.24) is 14.6 Å². The first-order valence-electron chi connectivity index (χ1n) is 17.0. The highest BCUT2D eigenvalue weighted by atomic mass is 35.5. The van der Waals surface area contributed by atoms with Crippen molar-refractivity contribution >= 4 is 66.6 Å². The van der Waals surface area contributed by atoms with E-state index in [1.807, 2.05) is 66.7 Å². The maximum absolute atomic E-state index is 14.3. The zero-order valence-electron chi connectivity index (χ0n) is 28.8. The fourth-order valence-corrected chi connectivity index (χ4v) is 8.16. The Morgan fingerprint density at radius 2 is 1.73 bits per heavy atom. The predicted octanol–water partition coefficient (Wildman–Crippen LogP) is 4.50. The van der Waals surface area contributed by atoms with E-state index in [1.165, 1.54) is 16.2 Å². The van der Waals surface area contributed by atoms with Crippen molar-refractivity contribution in [3.8, 4) is 0 Å². The number of sulfonamides is 1. The molecule has 5 N–H and O–H groups in total. The number of rotatable bonds is 18. The molecule has 15 heteroatoms. The number of hydrogen-bond acceptors (Lipinski definition) is 9. The van der Waals surface area contributed by atoms with Crippen molar-refractivity contribution in [3.05, 3.63) is 100 Å². The van der Waals surface area contributed by atoms with Crippen LogP contribution >= 0.6 is 22.9 Å². The number of halogens is 1. The number of fused-ring (bicyclic) bond motifs is 1. The van der Waals surface area contributed by atoms with Crippen LogP contribution in [0.25, 0.3) is 10.2 Å². The molecule has 0 saturated carbocycles. The first-order valence-corrected chi connectivity index (χ1v) is 20.1. The van der Waals surface area contributed by atoms with E-state index in [0.717, 1.165) is 22.1 Å². The number of guanidine groups is 1. The number of thiazole rings is 1. The number of aryl methyl sites for hydroxylation is 1. The number of nitrogens with one attached hydrogen (secondary N) is 1. The van der Waals surface area contributed by atoms with Crippen LogP contribution in [0.3, 0.4) is 0 Å². The van der Waals surface area contributed by atoms with Crippen molar-refractivity contribution in [2.75, 3.05) is 19.3 Å². The highest BCUT2D eigenvalue weighted by Crippen LogP contribution is 2.30. The number of Topliss-reactive ketones (excluding diaryl/α,β-unsaturated/α-hetero) is 2. The van der Waals surface area contributed by atoms with Gasteiger partial charge in [-0.15, -0.1) is 11.3 Å². The summed E-state index contributed by atoms with van der Waals surface area (Å²) in [5, 5.41) is 0.878. The van der Waals surface area contributed by atoms with Crippen molar-refractivity contribution in [3.63, 3.8) is 0 Å². The molecule has 52 heavy (non-hydrogen) atoms. The molecule has 1 amide bonds. The molecule has 1 saturated heterocycles. The Kier molecular flexibility index (Phi) is 13.5. The van der Waals surface area contributed by atoms with Crippen molar-refractivity contribution in [2.45, 2.75) is 63.3 Å². The van der Waals surface area contributed by atoms with E-state index < -0.39 is 40.0 Å². The third-order valence-electron chi connectivity index (χ3n) is 8.86. The molecule has 2 heterocycles. The zero-order valence-corrected chi connectivity index (χ0v) is 31.2. The third-order valence-corrected chi connectivity index (χ3v) is 10.9. The number of nitrogens with two attached hydrogens (primary N) is 2. The number of benzene rings is 3. The van der Waals surface area contributed by atoms with Gasteiger partial charge in [0.1, 0.15) is 6.04 Å². The molecule has 0 bridgehead atoms. The number of carbonyl (C=O) groups excluding carboxylic acids is 3. The molecule has 5 rings (SSSR count). The van der Waals surface area contributed by atoms with Gasteiger partial charge in [-0.1, -0.05) is 66.2 Å². The number of ether oxygens (including phenoxy) is 1. The summed E-state index contributed by atoms with van der Waals surface area (Å²) in [7, 11) is -3.80. The van der Waals surface area contributed by atoms with Crippen LogP contribution in [-0.4, -0.2) is 79.3 Å². The fourth-order valence-electron chi connectivity index (χ4n) is 6.31. The molecule has 0 spiro atoms. The van der Waals surface area contributed by atoms with Crippen molar-refractivity contribution in [1.29, 1.82) is 0 Å². The number of aliphatic imine (C=N–C) groups is 1. The highest BCUT2D eigenvalue weighted by Gasteiger charge is 2.43. The second-order valence-corrected chi connectivity index (χ2v) is 16.2. The van der Waals surface area contributed by atoms with Gasteiger partial charge in [0.25, 0.3) is 0 Å². The molecule has 1 aromatic heterocycles. The molecule has 3 aromatic carbocycles. The minimum Gasteiger partial charge on any atom is -0.372 e. The number of aromatic nitrogens is 1. The molecule has 0 radical (unpaired) electrons. The van der Waals surface area contributed by atoms with Gasteiger partial charge in [-0.2, -0.15) is 0 Å². The summed E-state index contributed by atoms with van der Waals surface area (Å²) in [4.78, 5) is 52.6. The first kappa shape index (κ1) is 39.0. The molecule has 12 nitrogen and oxygen atoms in total. The minimum absolute atomic E-state index is 0.0666.